The summed E-state index contributed by atoms with van der Waals surface area (Å²) in [6.45, 7) is 7.17. The fraction of sp³-hybridized carbons (Fsp3) is 0.500. The van der Waals surface area contributed by atoms with E-state index in [-0.39, 0.29) is 11.3 Å². The van der Waals surface area contributed by atoms with E-state index in [0.29, 0.717) is 30.0 Å². The molecule has 2 aliphatic rings. The lowest BCUT2D eigenvalue weighted by molar-refractivity contribution is 0.0671. The molecule has 1 amide bonds. The number of carbonyl (C=O) groups excluding carboxylic acids is 1. The first-order chi connectivity index (χ1) is 13.4. The Hall–Kier alpha value is -2.21. The molecule has 28 heavy (non-hydrogen) atoms. The minimum atomic E-state index is -0.798. The Balaban J connectivity index is 1.45. The molecule has 1 unspecified atom stereocenters. The van der Waals surface area contributed by atoms with Crippen LogP contribution in [0.4, 0.5) is 8.78 Å². The summed E-state index contributed by atoms with van der Waals surface area (Å²) in [7, 11) is 0. The molecule has 1 aromatic heterocycles. The summed E-state index contributed by atoms with van der Waals surface area (Å²) in [5.74, 6) is -0.116. The number of carbonyl (C=O) groups is 1. The molecule has 2 aliphatic heterocycles. The molecule has 2 fully saturated rings. The van der Waals surface area contributed by atoms with Crippen molar-refractivity contribution in [2.24, 2.45) is 5.41 Å². The number of hydrogen-bond donors (Lipinski definition) is 0. The van der Waals surface area contributed by atoms with Gasteiger partial charge in [0.05, 0.1) is 5.56 Å². The number of furan rings is 1. The van der Waals surface area contributed by atoms with Gasteiger partial charge in [0.15, 0.2) is 11.6 Å². The number of halogens is 2. The molecule has 0 bridgehead atoms. The van der Waals surface area contributed by atoms with Crippen LogP contribution in [0.1, 0.15) is 46.7 Å². The largest absolute Gasteiger partial charge is 0.466 e. The number of rotatable bonds is 3. The first-order valence-corrected chi connectivity index (χ1v) is 9.88. The lowest BCUT2D eigenvalue weighted by Gasteiger charge is -2.40. The van der Waals surface area contributed by atoms with E-state index in [9.17, 15) is 13.6 Å². The molecule has 0 saturated carbocycles. The van der Waals surface area contributed by atoms with Gasteiger partial charge in [-0.2, -0.15) is 0 Å². The van der Waals surface area contributed by atoms with Crippen molar-refractivity contribution in [2.45, 2.75) is 39.7 Å². The number of piperidine rings is 1. The zero-order valence-electron chi connectivity index (χ0n) is 16.4. The molecule has 1 atom stereocenters. The maximum Gasteiger partial charge on any atom is 0.257 e. The Morgan fingerprint density at radius 2 is 2.00 bits per heavy atom. The minimum Gasteiger partial charge on any atom is -0.466 e. The van der Waals surface area contributed by atoms with E-state index in [4.69, 9.17) is 4.42 Å². The van der Waals surface area contributed by atoms with E-state index in [1.165, 1.54) is 0 Å². The van der Waals surface area contributed by atoms with Gasteiger partial charge in [-0.3, -0.25) is 9.69 Å². The van der Waals surface area contributed by atoms with Gasteiger partial charge in [-0.15, -0.1) is 0 Å². The first kappa shape index (κ1) is 19.1. The molecule has 4 nitrogen and oxygen atoms in total. The summed E-state index contributed by atoms with van der Waals surface area (Å²) in [5.41, 5.74) is 1.07. The van der Waals surface area contributed by atoms with E-state index in [0.717, 1.165) is 50.7 Å². The van der Waals surface area contributed by atoms with Gasteiger partial charge in [-0.25, -0.2) is 8.78 Å². The summed E-state index contributed by atoms with van der Waals surface area (Å²) in [6.07, 6.45) is 3.00. The molecule has 150 valence electrons. The van der Waals surface area contributed by atoms with Crippen molar-refractivity contribution in [1.82, 2.24) is 9.80 Å². The molecule has 2 saturated heterocycles. The second-order valence-corrected chi connectivity index (χ2v) is 8.33. The van der Waals surface area contributed by atoms with Crippen LogP contribution in [0.25, 0.3) is 0 Å². The summed E-state index contributed by atoms with van der Waals surface area (Å²) in [5, 5.41) is 0. The highest BCUT2D eigenvalue weighted by Crippen LogP contribution is 2.40. The van der Waals surface area contributed by atoms with Crippen LogP contribution < -0.4 is 0 Å². The fourth-order valence-corrected chi connectivity index (χ4v) is 4.81. The molecule has 6 heteroatoms. The number of hydrogen-bond acceptors (Lipinski definition) is 3. The van der Waals surface area contributed by atoms with Crippen LogP contribution in [0.5, 0.6) is 0 Å². The lowest BCUT2D eigenvalue weighted by Crippen LogP contribution is -2.45. The quantitative estimate of drug-likeness (QED) is 0.787. The van der Waals surface area contributed by atoms with E-state index in [2.05, 4.69) is 4.90 Å². The number of benzene rings is 1. The summed E-state index contributed by atoms with van der Waals surface area (Å²) >= 11 is 0. The highest BCUT2D eigenvalue weighted by molar-refractivity contribution is 5.95. The van der Waals surface area contributed by atoms with Gasteiger partial charge < -0.3 is 9.32 Å². The Morgan fingerprint density at radius 1 is 1.18 bits per heavy atom. The fourth-order valence-electron chi connectivity index (χ4n) is 4.81. The Morgan fingerprint density at radius 3 is 2.75 bits per heavy atom. The smallest absolute Gasteiger partial charge is 0.257 e. The number of aryl methyl sites for hydroxylation is 2. The van der Waals surface area contributed by atoms with Crippen LogP contribution in [-0.4, -0.2) is 41.9 Å². The molecular formula is C22H26F2N2O2. The number of likely N-dealkylation sites (tertiary alicyclic amines) is 2. The third kappa shape index (κ3) is 3.58. The molecule has 1 spiro atoms. The van der Waals surface area contributed by atoms with E-state index in [1.807, 2.05) is 24.8 Å². The van der Waals surface area contributed by atoms with Crippen LogP contribution >= 0.6 is 0 Å². The third-order valence-corrected chi connectivity index (χ3v) is 6.16. The molecule has 0 N–H and O–H groups in total. The summed E-state index contributed by atoms with van der Waals surface area (Å²) in [6, 6.07) is 6.16. The first-order valence-electron chi connectivity index (χ1n) is 9.88. The predicted molar refractivity (Wildman–Crippen MR) is 102 cm³/mol. The maximum absolute atomic E-state index is 14.1. The zero-order valence-corrected chi connectivity index (χ0v) is 16.4. The van der Waals surface area contributed by atoms with Gasteiger partial charge in [0.25, 0.3) is 5.91 Å². The van der Waals surface area contributed by atoms with Crippen molar-refractivity contribution in [3.05, 3.63) is 58.5 Å². The number of amides is 1. The van der Waals surface area contributed by atoms with E-state index < -0.39 is 11.6 Å². The second kappa shape index (κ2) is 7.32. The third-order valence-electron chi connectivity index (χ3n) is 6.16. The normalized spacial score (nSPS) is 22.9. The SMILES string of the molecule is Cc1cc(C(=O)N2CCC3(CCCN(Cc4cccc(F)c4F)C3)C2)c(C)o1. The van der Waals surface area contributed by atoms with E-state index >= 15 is 0 Å². The Kier molecular flexibility index (Phi) is 5.00. The van der Waals surface area contributed by atoms with E-state index in [1.54, 1.807) is 12.1 Å². The van der Waals surface area contributed by atoms with Gasteiger partial charge >= 0.3 is 0 Å². The predicted octanol–water partition coefficient (Wildman–Crippen LogP) is 4.30. The Bertz CT molecular complexity index is 895. The summed E-state index contributed by atoms with van der Waals surface area (Å²) < 4.78 is 33.1. The molecule has 0 aliphatic carbocycles. The molecule has 0 radical (unpaired) electrons. The average Bonchev–Trinajstić information content (AvgIpc) is 3.21. The second-order valence-electron chi connectivity index (χ2n) is 8.33. The molecular weight excluding hydrogens is 362 g/mol. The average molecular weight is 388 g/mol. The summed E-state index contributed by atoms with van der Waals surface area (Å²) in [4.78, 5) is 17.0. The highest BCUT2D eigenvalue weighted by atomic mass is 19.2. The lowest BCUT2D eigenvalue weighted by atomic mass is 9.79. The van der Waals surface area contributed by atoms with Crippen molar-refractivity contribution in [2.75, 3.05) is 26.2 Å². The van der Waals surface area contributed by atoms with Gasteiger partial charge in [-0.1, -0.05) is 12.1 Å². The number of nitrogens with zero attached hydrogens (tertiary/aromatic N) is 2. The monoisotopic (exact) mass is 388 g/mol. The molecule has 3 heterocycles. The van der Waals surface area contributed by atoms with Gasteiger partial charge in [-0.05, 0) is 51.8 Å². The molecule has 1 aromatic carbocycles. The van der Waals surface area contributed by atoms with Crippen LogP contribution in [-0.2, 0) is 6.54 Å². The minimum absolute atomic E-state index is 0.0273. The van der Waals surface area contributed by atoms with Crippen LogP contribution in [0, 0.1) is 30.9 Å². The Labute approximate surface area is 164 Å². The van der Waals surface area contributed by atoms with Crippen LogP contribution in [0.3, 0.4) is 0 Å². The molecule has 4 rings (SSSR count). The van der Waals surface area contributed by atoms with Crippen molar-refractivity contribution in [1.29, 1.82) is 0 Å². The highest BCUT2D eigenvalue weighted by Gasteiger charge is 2.43. The van der Waals surface area contributed by atoms with Crippen molar-refractivity contribution >= 4 is 5.91 Å². The zero-order chi connectivity index (χ0) is 19.9. The van der Waals surface area contributed by atoms with Crippen molar-refractivity contribution < 1.29 is 18.0 Å². The topological polar surface area (TPSA) is 36.7 Å². The van der Waals surface area contributed by atoms with Crippen molar-refractivity contribution in [3.8, 4) is 0 Å². The van der Waals surface area contributed by atoms with Crippen LogP contribution in [0.15, 0.2) is 28.7 Å². The van der Waals surface area contributed by atoms with Crippen LogP contribution in [0.2, 0.25) is 0 Å². The van der Waals surface area contributed by atoms with Gasteiger partial charge in [0.1, 0.15) is 11.5 Å². The standard InChI is InChI=1S/C22H26F2N2O2/c1-15-11-18(16(2)28-15)21(27)26-10-8-22(14-26)7-4-9-25(13-22)12-17-5-3-6-19(23)20(17)24/h3,5-6,11H,4,7-10,12-14H2,1-2H3. The molecule has 2 aromatic rings. The maximum atomic E-state index is 14.1. The van der Waals surface area contributed by atoms with Gasteiger partial charge in [0.2, 0.25) is 0 Å². The van der Waals surface area contributed by atoms with Crippen molar-refractivity contribution in [3.63, 3.8) is 0 Å². The van der Waals surface area contributed by atoms with Gasteiger partial charge in [0, 0.05) is 37.2 Å².